The third-order valence-electron chi connectivity index (χ3n) is 3.47. The molecule has 1 aromatic carbocycles. The van der Waals surface area contributed by atoms with Crippen LogP contribution >= 0.6 is 0 Å². The lowest BCUT2D eigenvalue weighted by Gasteiger charge is -2.08. The molecule has 2 aromatic rings. The Kier molecular flexibility index (Phi) is 4.52. The fourth-order valence-electron chi connectivity index (χ4n) is 2.05. The molecule has 0 aliphatic heterocycles. The molecule has 1 heterocycles. The standard InChI is InChI=1S/C17H18N4O2/c22-16(20-13-8-9-13)12-4-6-14(7-5-12)21-17(23)19-11-15-3-1-2-10-18-15/h1-7,10,13H,8-9,11H2,(H,20,22)(H2,19,21,23). The van der Waals surface area contributed by atoms with Crippen LogP contribution in [0, 0.1) is 0 Å². The number of urea groups is 1. The van der Waals surface area contributed by atoms with Crippen molar-refractivity contribution in [2.24, 2.45) is 0 Å². The number of benzene rings is 1. The second-order valence-corrected chi connectivity index (χ2v) is 5.45. The molecule has 0 spiro atoms. The summed E-state index contributed by atoms with van der Waals surface area (Å²) in [6, 6.07) is 12.4. The molecule has 3 N–H and O–H groups in total. The van der Waals surface area contributed by atoms with Crippen molar-refractivity contribution in [1.29, 1.82) is 0 Å². The number of carbonyl (C=O) groups excluding carboxylic acids is 2. The fraction of sp³-hybridized carbons (Fsp3) is 0.235. The molecule has 6 heteroatoms. The van der Waals surface area contributed by atoms with Crippen molar-refractivity contribution in [3.8, 4) is 0 Å². The molecule has 0 unspecified atom stereocenters. The zero-order valence-corrected chi connectivity index (χ0v) is 12.6. The van der Waals surface area contributed by atoms with Crippen LogP contribution in [-0.2, 0) is 6.54 Å². The van der Waals surface area contributed by atoms with E-state index in [0.29, 0.717) is 23.8 Å². The molecule has 118 valence electrons. The molecule has 1 aliphatic rings. The summed E-state index contributed by atoms with van der Waals surface area (Å²) in [6.07, 6.45) is 3.80. The predicted octanol–water partition coefficient (Wildman–Crippen LogP) is 2.30. The molecule has 0 saturated heterocycles. The van der Waals surface area contributed by atoms with Gasteiger partial charge in [-0.25, -0.2) is 4.79 Å². The van der Waals surface area contributed by atoms with E-state index in [1.807, 2.05) is 18.2 Å². The monoisotopic (exact) mass is 310 g/mol. The van der Waals surface area contributed by atoms with E-state index in [1.165, 1.54) is 0 Å². The number of nitrogens with zero attached hydrogens (tertiary/aromatic N) is 1. The average molecular weight is 310 g/mol. The van der Waals surface area contributed by atoms with Gasteiger partial charge in [-0.2, -0.15) is 0 Å². The van der Waals surface area contributed by atoms with Crippen LogP contribution in [0.15, 0.2) is 48.7 Å². The normalized spacial score (nSPS) is 13.2. The molecule has 0 atom stereocenters. The van der Waals surface area contributed by atoms with Crippen molar-refractivity contribution in [3.63, 3.8) is 0 Å². The molecule has 3 rings (SSSR count). The van der Waals surface area contributed by atoms with Crippen LogP contribution in [0.3, 0.4) is 0 Å². The quantitative estimate of drug-likeness (QED) is 0.792. The Labute approximate surface area is 134 Å². The topological polar surface area (TPSA) is 83.1 Å². The highest BCUT2D eigenvalue weighted by Gasteiger charge is 2.23. The third kappa shape index (κ3) is 4.54. The maximum Gasteiger partial charge on any atom is 0.319 e. The molecule has 0 radical (unpaired) electrons. The second-order valence-electron chi connectivity index (χ2n) is 5.45. The van der Waals surface area contributed by atoms with Gasteiger partial charge in [-0.15, -0.1) is 0 Å². The van der Waals surface area contributed by atoms with E-state index in [1.54, 1.807) is 30.5 Å². The van der Waals surface area contributed by atoms with Crippen molar-refractivity contribution in [1.82, 2.24) is 15.6 Å². The first-order valence-electron chi connectivity index (χ1n) is 7.56. The molecule has 1 saturated carbocycles. The zero-order chi connectivity index (χ0) is 16.1. The van der Waals surface area contributed by atoms with Gasteiger partial charge < -0.3 is 16.0 Å². The summed E-state index contributed by atoms with van der Waals surface area (Å²) in [5, 5.41) is 8.37. The Bertz CT molecular complexity index is 681. The summed E-state index contributed by atoms with van der Waals surface area (Å²) >= 11 is 0. The van der Waals surface area contributed by atoms with Gasteiger partial charge in [-0.3, -0.25) is 9.78 Å². The van der Waals surface area contributed by atoms with Crippen molar-refractivity contribution in [3.05, 3.63) is 59.9 Å². The summed E-state index contributed by atoms with van der Waals surface area (Å²) in [7, 11) is 0. The summed E-state index contributed by atoms with van der Waals surface area (Å²) in [4.78, 5) is 27.8. The van der Waals surface area contributed by atoms with E-state index in [4.69, 9.17) is 0 Å². The maximum atomic E-state index is 11.9. The SMILES string of the molecule is O=C(NCc1ccccn1)Nc1ccc(C(=O)NC2CC2)cc1. The van der Waals surface area contributed by atoms with Gasteiger partial charge in [0.1, 0.15) is 0 Å². The Balaban J connectivity index is 1.49. The number of pyridine rings is 1. The first-order chi connectivity index (χ1) is 11.2. The Hall–Kier alpha value is -2.89. The lowest BCUT2D eigenvalue weighted by molar-refractivity contribution is 0.0951. The van der Waals surface area contributed by atoms with Crippen molar-refractivity contribution < 1.29 is 9.59 Å². The zero-order valence-electron chi connectivity index (χ0n) is 12.6. The number of hydrogen-bond donors (Lipinski definition) is 3. The molecule has 1 aliphatic carbocycles. The molecule has 1 fully saturated rings. The third-order valence-corrected chi connectivity index (χ3v) is 3.47. The van der Waals surface area contributed by atoms with Gasteiger partial charge in [-0.1, -0.05) is 6.07 Å². The van der Waals surface area contributed by atoms with Crippen LogP contribution in [0.5, 0.6) is 0 Å². The summed E-state index contributed by atoms with van der Waals surface area (Å²) in [5.41, 5.74) is 2.01. The van der Waals surface area contributed by atoms with Gasteiger partial charge in [0.25, 0.3) is 5.91 Å². The summed E-state index contributed by atoms with van der Waals surface area (Å²) in [5.74, 6) is -0.0707. The molecule has 1 aromatic heterocycles. The highest BCUT2D eigenvalue weighted by Crippen LogP contribution is 2.19. The smallest absolute Gasteiger partial charge is 0.319 e. The van der Waals surface area contributed by atoms with Crippen molar-refractivity contribution in [2.75, 3.05) is 5.32 Å². The molecule has 3 amide bonds. The molecular weight excluding hydrogens is 292 g/mol. The van der Waals surface area contributed by atoms with Gasteiger partial charge in [0.15, 0.2) is 0 Å². The number of carbonyl (C=O) groups is 2. The lowest BCUT2D eigenvalue weighted by Crippen LogP contribution is -2.28. The van der Waals surface area contributed by atoms with Crippen LogP contribution in [0.1, 0.15) is 28.9 Å². The first kappa shape index (κ1) is 15.0. The van der Waals surface area contributed by atoms with Gasteiger partial charge in [0, 0.05) is 23.5 Å². The highest BCUT2D eigenvalue weighted by atomic mass is 16.2. The molecule has 6 nitrogen and oxygen atoms in total. The minimum absolute atomic E-state index is 0.0707. The number of aromatic nitrogens is 1. The van der Waals surface area contributed by atoms with E-state index in [9.17, 15) is 9.59 Å². The van der Waals surface area contributed by atoms with Gasteiger partial charge in [0.2, 0.25) is 0 Å². The van der Waals surface area contributed by atoms with Crippen LogP contribution in [-0.4, -0.2) is 23.0 Å². The molecule has 0 bridgehead atoms. The first-order valence-corrected chi connectivity index (χ1v) is 7.56. The Morgan fingerprint density at radius 1 is 1.09 bits per heavy atom. The van der Waals surface area contributed by atoms with Crippen LogP contribution < -0.4 is 16.0 Å². The summed E-state index contributed by atoms with van der Waals surface area (Å²) in [6.45, 7) is 0.356. The van der Waals surface area contributed by atoms with Crippen LogP contribution in [0.25, 0.3) is 0 Å². The number of hydrogen-bond acceptors (Lipinski definition) is 3. The van der Waals surface area contributed by atoms with Crippen LogP contribution in [0.2, 0.25) is 0 Å². The second kappa shape index (κ2) is 6.91. The van der Waals surface area contributed by atoms with E-state index >= 15 is 0 Å². The summed E-state index contributed by atoms with van der Waals surface area (Å²) < 4.78 is 0. The minimum Gasteiger partial charge on any atom is -0.349 e. The van der Waals surface area contributed by atoms with Gasteiger partial charge >= 0.3 is 6.03 Å². The predicted molar refractivity (Wildman–Crippen MR) is 87.0 cm³/mol. The van der Waals surface area contributed by atoms with E-state index in [2.05, 4.69) is 20.9 Å². The Morgan fingerprint density at radius 2 is 1.87 bits per heavy atom. The number of rotatable bonds is 5. The van der Waals surface area contributed by atoms with Crippen molar-refractivity contribution in [2.45, 2.75) is 25.4 Å². The largest absolute Gasteiger partial charge is 0.349 e. The Morgan fingerprint density at radius 3 is 2.52 bits per heavy atom. The molecular formula is C17H18N4O2. The fourth-order valence-corrected chi connectivity index (χ4v) is 2.05. The highest BCUT2D eigenvalue weighted by molar-refractivity contribution is 5.95. The van der Waals surface area contributed by atoms with Gasteiger partial charge in [0.05, 0.1) is 12.2 Å². The average Bonchev–Trinajstić information content (AvgIpc) is 3.38. The van der Waals surface area contributed by atoms with Crippen LogP contribution in [0.4, 0.5) is 10.5 Å². The number of nitrogens with one attached hydrogen (secondary N) is 3. The minimum atomic E-state index is -0.314. The van der Waals surface area contributed by atoms with E-state index < -0.39 is 0 Å². The number of anilines is 1. The van der Waals surface area contributed by atoms with E-state index in [0.717, 1.165) is 18.5 Å². The maximum absolute atomic E-state index is 11.9. The van der Waals surface area contributed by atoms with Crippen molar-refractivity contribution >= 4 is 17.6 Å². The lowest BCUT2D eigenvalue weighted by atomic mass is 10.2. The number of amides is 3. The van der Waals surface area contributed by atoms with E-state index in [-0.39, 0.29) is 11.9 Å². The van der Waals surface area contributed by atoms with Gasteiger partial charge in [-0.05, 0) is 49.2 Å². The molecule has 23 heavy (non-hydrogen) atoms.